The number of halogens is 5. The van der Waals surface area contributed by atoms with Gasteiger partial charge in [-0.25, -0.2) is 17.8 Å². The summed E-state index contributed by atoms with van der Waals surface area (Å²) in [5.74, 6) is -0.775. The molecular formula is C21H15ClF4N2O2S2. The molecule has 3 rings (SSSR count). The predicted molar refractivity (Wildman–Crippen MR) is 119 cm³/mol. The number of allylic oxidation sites excluding steroid dienone is 2. The van der Waals surface area contributed by atoms with Crippen molar-refractivity contribution in [2.75, 3.05) is 6.26 Å². The average Bonchev–Trinajstić information content (AvgIpc) is 3.19. The van der Waals surface area contributed by atoms with Crippen molar-refractivity contribution in [3.8, 4) is 10.4 Å². The first-order valence-corrected chi connectivity index (χ1v) is 11.9. The minimum Gasteiger partial charge on any atom is -0.395 e. The molecule has 0 spiro atoms. The number of rotatable bonds is 5. The Morgan fingerprint density at radius 2 is 1.84 bits per heavy atom. The van der Waals surface area contributed by atoms with E-state index in [0.717, 1.165) is 23.7 Å². The normalized spacial score (nSPS) is 13.4. The number of sulfone groups is 1. The van der Waals surface area contributed by atoms with Crippen LogP contribution in [0.2, 0.25) is 5.02 Å². The smallest absolute Gasteiger partial charge is 0.395 e. The summed E-state index contributed by atoms with van der Waals surface area (Å²) in [7, 11) is -3.45. The minimum atomic E-state index is -4.81. The third-order valence-electron chi connectivity index (χ3n) is 4.17. The van der Waals surface area contributed by atoms with E-state index in [-0.39, 0.29) is 26.2 Å². The second kappa shape index (κ2) is 9.05. The maximum Gasteiger partial charge on any atom is 0.430 e. The number of hydrogen-bond donors (Lipinski definition) is 1. The third-order valence-corrected chi connectivity index (χ3v) is 6.68. The van der Waals surface area contributed by atoms with Gasteiger partial charge >= 0.3 is 6.18 Å². The van der Waals surface area contributed by atoms with E-state index in [1.165, 1.54) is 30.3 Å². The van der Waals surface area contributed by atoms with Gasteiger partial charge in [-0.3, -0.25) is 0 Å². The van der Waals surface area contributed by atoms with Crippen molar-refractivity contribution in [3.05, 3.63) is 82.1 Å². The van der Waals surface area contributed by atoms with Gasteiger partial charge in [0.2, 0.25) is 0 Å². The van der Waals surface area contributed by atoms with E-state index in [9.17, 15) is 26.0 Å². The molecule has 0 saturated carbocycles. The fraction of sp³-hybridized carbons (Fsp3) is 0.0952. The molecule has 3 aromatic rings. The molecule has 0 aliphatic carbocycles. The molecule has 32 heavy (non-hydrogen) atoms. The van der Waals surface area contributed by atoms with Crippen LogP contribution < -0.4 is 5.73 Å². The maximum atomic E-state index is 14.2. The van der Waals surface area contributed by atoms with Gasteiger partial charge in [0.25, 0.3) is 0 Å². The highest BCUT2D eigenvalue weighted by atomic mass is 35.5. The Bertz CT molecular complexity index is 1330. The number of alkyl halides is 3. The van der Waals surface area contributed by atoms with Crippen LogP contribution in [0.3, 0.4) is 0 Å². The molecule has 168 valence electrons. The van der Waals surface area contributed by atoms with Gasteiger partial charge in [-0.1, -0.05) is 23.7 Å². The van der Waals surface area contributed by atoms with E-state index in [4.69, 9.17) is 17.3 Å². The Kier molecular flexibility index (Phi) is 6.77. The highest BCUT2D eigenvalue weighted by Crippen LogP contribution is 2.32. The van der Waals surface area contributed by atoms with Gasteiger partial charge in [0, 0.05) is 16.2 Å². The van der Waals surface area contributed by atoms with E-state index in [0.29, 0.717) is 16.5 Å². The number of thiophene rings is 1. The summed E-state index contributed by atoms with van der Waals surface area (Å²) in [6, 6.07) is 12.7. The highest BCUT2D eigenvalue weighted by molar-refractivity contribution is 7.90. The van der Waals surface area contributed by atoms with E-state index in [1.54, 1.807) is 18.2 Å². The molecule has 0 saturated heterocycles. The van der Waals surface area contributed by atoms with E-state index in [1.807, 2.05) is 0 Å². The van der Waals surface area contributed by atoms with Crippen LogP contribution >= 0.6 is 22.9 Å². The summed E-state index contributed by atoms with van der Waals surface area (Å²) >= 11 is 6.90. The summed E-state index contributed by atoms with van der Waals surface area (Å²) in [4.78, 5) is 4.95. The molecule has 0 amide bonds. The van der Waals surface area contributed by atoms with Crippen LogP contribution in [0.25, 0.3) is 10.4 Å². The lowest BCUT2D eigenvalue weighted by Crippen LogP contribution is -2.20. The summed E-state index contributed by atoms with van der Waals surface area (Å²) in [5.41, 5.74) is 3.82. The number of nitrogens with zero attached hydrogens (tertiary/aromatic N) is 1. The molecule has 0 aliphatic heterocycles. The standard InChI is InChI=1S/C21H15ClF4N2O2S2/c1-32(29,30)14-4-2-3-12(9-14)18-7-8-19(31-18)17(11-20(27)21(24,25)26)28-16-10-13(22)5-6-15(16)23/h2-11H,27H2,1H3. The zero-order valence-corrected chi connectivity index (χ0v) is 18.7. The Labute approximate surface area is 190 Å². The largest absolute Gasteiger partial charge is 0.430 e. The molecule has 1 heterocycles. The zero-order valence-electron chi connectivity index (χ0n) is 16.3. The minimum absolute atomic E-state index is 0.0982. The molecule has 11 heteroatoms. The predicted octanol–water partition coefficient (Wildman–Crippen LogP) is 6.14. The second-order valence-corrected chi connectivity index (χ2v) is 10.2. The van der Waals surface area contributed by atoms with E-state index in [2.05, 4.69) is 4.99 Å². The van der Waals surface area contributed by atoms with Crippen molar-refractivity contribution in [1.82, 2.24) is 0 Å². The lowest BCUT2D eigenvalue weighted by Gasteiger charge is -2.08. The van der Waals surface area contributed by atoms with Crippen molar-refractivity contribution < 1.29 is 26.0 Å². The van der Waals surface area contributed by atoms with Crippen molar-refractivity contribution in [2.24, 2.45) is 10.7 Å². The number of hydrogen-bond acceptors (Lipinski definition) is 5. The molecule has 0 bridgehead atoms. The molecule has 0 unspecified atom stereocenters. The Morgan fingerprint density at radius 1 is 1.12 bits per heavy atom. The maximum absolute atomic E-state index is 14.2. The number of benzene rings is 2. The lowest BCUT2D eigenvalue weighted by atomic mass is 10.2. The zero-order chi connectivity index (χ0) is 23.7. The van der Waals surface area contributed by atoms with Gasteiger partial charge in [0.1, 0.15) is 17.2 Å². The van der Waals surface area contributed by atoms with Crippen molar-refractivity contribution >= 4 is 44.2 Å². The van der Waals surface area contributed by atoms with Gasteiger partial charge in [-0.2, -0.15) is 13.2 Å². The van der Waals surface area contributed by atoms with Crippen LogP contribution in [-0.4, -0.2) is 26.6 Å². The topological polar surface area (TPSA) is 72.5 Å². The van der Waals surface area contributed by atoms with Gasteiger partial charge in [0.15, 0.2) is 9.84 Å². The SMILES string of the molecule is CS(=O)(=O)c1cccc(-c2ccc(C(C=C(N)C(F)(F)F)=Nc3cc(Cl)ccc3F)s2)c1. The van der Waals surface area contributed by atoms with E-state index >= 15 is 0 Å². The molecule has 0 fully saturated rings. The van der Waals surface area contributed by atoms with Crippen LogP contribution in [0.5, 0.6) is 0 Å². The van der Waals surface area contributed by atoms with Crippen molar-refractivity contribution in [3.63, 3.8) is 0 Å². The fourth-order valence-electron chi connectivity index (χ4n) is 2.60. The van der Waals surface area contributed by atoms with Crippen LogP contribution in [0.4, 0.5) is 23.2 Å². The molecule has 1 aromatic heterocycles. The summed E-state index contributed by atoms with van der Waals surface area (Å²) in [5, 5.41) is 0.154. The van der Waals surface area contributed by atoms with E-state index < -0.39 is 27.5 Å². The van der Waals surface area contributed by atoms with Gasteiger partial charge in [-0.05, 0) is 54.1 Å². The fourth-order valence-corrected chi connectivity index (χ4v) is 4.40. The first-order valence-electron chi connectivity index (χ1n) is 8.83. The Morgan fingerprint density at radius 3 is 2.50 bits per heavy atom. The first-order chi connectivity index (χ1) is 14.8. The molecule has 0 atom stereocenters. The summed E-state index contributed by atoms with van der Waals surface area (Å²) in [6.45, 7) is 0. The van der Waals surface area contributed by atoms with Crippen LogP contribution in [-0.2, 0) is 9.84 Å². The highest BCUT2D eigenvalue weighted by Gasteiger charge is 2.32. The molecule has 2 aromatic carbocycles. The second-order valence-electron chi connectivity index (χ2n) is 6.65. The monoisotopic (exact) mass is 502 g/mol. The quantitative estimate of drug-likeness (QED) is 0.336. The van der Waals surface area contributed by atoms with Crippen LogP contribution in [0, 0.1) is 5.82 Å². The molecular weight excluding hydrogens is 488 g/mol. The van der Waals surface area contributed by atoms with Crippen LogP contribution in [0.1, 0.15) is 4.88 Å². The van der Waals surface area contributed by atoms with Gasteiger partial charge in [0.05, 0.1) is 15.5 Å². The van der Waals surface area contributed by atoms with Crippen molar-refractivity contribution in [1.29, 1.82) is 0 Å². The average molecular weight is 503 g/mol. The van der Waals surface area contributed by atoms with Crippen LogP contribution in [0.15, 0.2) is 76.3 Å². The molecule has 4 nitrogen and oxygen atoms in total. The number of aliphatic imine (C=N–C) groups is 1. The molecule has 0 radical (unpaired) electrons. The lowest BCUT2D eigenvalue weighted by molar-refractivity contribution is -0.0925. The van der Waals surface area contributed by atoms with Crippen molar-refractivity contribution in [2.45, 2.75) is 11.1 Å². The Balaban J connectivity index is 2.12. The summed E-state index contributed by atoms with van der Waals surface area (Å²) < 4.78 is 76.9. The van der Waals surface area contributed by atoms with Gasteiger partial charge in [-0.15, -0.1) is 11.3 Å². The van der Waals surface area contributed by atoms with Gasteiger partial charge < -0.3 is 5.73 Å². The third kappa shape index (κ3) is 5.76. The molecule has 2 N–H and O–H groups in total. The summed E-state index contributed by atoms with van der Waals surface area (Å²) in [6.07, 6.45) is -3.12. The first kappa shape index (κ1) is 24.0. The Hall–Kier alpha value is -2.69. The molecule has 0 aliphatic rings. The number of nitrogens with two attached hydrogens (primary N) is 1.